The number of hydrogen-bond donors (Lipinski definition) is 0. The second-order valence-electron chi connectivity index (χ2n) is 3.12. The van der Waals surface area contributed by atoms with E-state index in [9.17, 15) is 4.79 Å². The quantitative estimate of drug-likeness (QED) is 0.648. The zero-order valence-corrected chi connectivity index (χ0v) is 8.03. The number of ether oxygens (including phenoxy) is 1. The van der Waals surface area contributed by atoms with Crippen LogP contribution in [0.25, 0.3) is 11.0 Å². The number of furan rings is 1. The van der Waals surface area contributed by atoms with Gasteiger partial charge in [0.05, 0.1) is 18.9 Å². The third kappa shape index (κ3) is 1.27. The average Bonchev–Trinajstić information content (AvgIpc) is 2.62. The van der Waals surface area contributed by atoms with Crippen LogP contribution in [0.2, 0.25) is 0 Å². The number of carbonyl (C=O) groups is 1. The highest BCUT2D eigenvalue weighted by Gasteiger charge is 2.11. The van der Waals surface area contributed by atoms with Gasteiger partial charge in [0, 0.05) is 5.39 Å². The summed E-state index contributed by atoms with van der Waals surface area (Å²) < 4.78 is 9.86. The molecular weight excluding hydrogens is 180 g/mol. The van der Waals surface area contributed by atoms with E-state index in [-0.39, 0.29) is 5.97 Å². The average molecular weight is 190 g/mol. The van der Waals surface area contributed by atoms with Gasteiger partial charge < -0.3 is 9.15 Å². The van der Waals surface area contributed by atoms with Gasteiger partial charge in [0.25, 0.3) is 0 Å². The first kappa shape index (κ1) is 8.81. The zero-order chi connectivity index (χ0) is 10.1. The van der Waals surface area contributed by atoms with Crippen molar-refractivity contribution in [1.29, 1.82) is 0 Å². The fraction of sp³-hybridized carbons (Fsp3) is 0.182. The van der Waals surface area contributed by atoms with Gasteiger partial charge in [-0.3, -0.25) is 0 Å². The number of benzene rings is 1. The Balaban J connectivity index is 2.64. The van der Waals surface area contributed by atoms with Gasteiger partial charge in [-0.05, 0) is 30.7 Å². The summed E-state index contributed by atoms with van der Waals surface area (Å²) in [6, 6.07) is 5.48. The molecule has 0 saturated carbocycles. The maximum atomic E-state index is 11.3. The van der Waals surface area contributed by atoms with Crippen LogP contribution in [0.15, 0.2) is 28.9 Å². The molecule has 0 saturated heterocycles. The van der Waals surface area contributed by atoms with E-state index >= 15 is 0 Å². The van der Waals surface area contributed by atoms with Crippen molar-refractivity contribution in [3.05, 3.63) is 35.6 Å². The summed E-state index contributed by atoms with van der Waals surface area (Å²) in [6.07, 6.45) is 1.60. The maximum Gasteiger partial charge on any atom is 0.338 e. The molecule has 0 bridgehead atoms. The van der Waals surface area contributed by atoms with E-state index in [1.807, 2.05) is 19.1 Å². The number of fused-ring (bicyclic) bond motifs is 1. The third-order valence-electron chi connectivity index (χ3n) is 2.20. The molecule has 2 aromatic rings. The summed E-state index contributed by atoms with van der Waals surface area (Å²) in [5.74, 6) is -0.333. The van der Waals surface area contributed by atoms with Crippen molar-refractivity contribution < 1.29 is 13.9 Å². The van der Waals surface area contributed by atoms with E-state index in [1.165, 1.54) is 7.11 Å². The van der Waals surface area contributed by atoms with Crippen LogP contribution in [0.4, 0.5) is 0 Å². The molecule has 14 heavy (non-hydrogen) atoms. The Kier molecular flexibility index (Phi) is 2.00. The normalized spacial score (nSPS) is 10.4. The summed E-state index contributed by atoms with van der Waals surface area (Å²) >= 11 is 0. The summed E-state index contributed by atoms with van der Waals surface area (Å²) in [6.45, 7) is 1.87. The van der Waals surface area contributed by atoms with Crippen LogP contribution in [0, 0.1) is 6.92 Å². The summed E-state index contributed by atoms with van der Waals surface area (Å²) in [7, 11) is 1.37. The second kappa shape index (κ2) is 3.18. The number of carbonyl (C=O) groups excluding carboxylic acids is 1. The van der Waals surface area contributed by atoms with Gasteiger partial charge in [-0.15, -0.1) is 0 Å². The van der Waals surface area contributed by atoms with Crippen LogP contribution < -0.4 is 0 Å². The van der Waals surface area contributed by atoms with Crippen molar-refractivity contribution in [3.63, 3.8) is 0 Å². The van der Waals surface area contributed by atoms with Crippen LogP contribution in [0.1, 0.15) is 15.9 Å². The molecule has 1 aromatic carbocycles. The Bertz CT molecular complexity index is 482. The van der Waals surface area contributed by atoms with E-state index in [0.717, 1.165) is 10.9 Å². The topological polar surface area (TPSA) is 39.4 Å². The lowest BCUT2D eigenvalue weighted by Crippen LogP contribution is -2.03. The smallest absolute Gasteiger partial charge is 0.338 e. The summed E-state index contributed by atoms with van der Waals surface area (Å²) in [5.41, 5.74) is 2.15. The van der Waals surface area contributed by atoms with Crippen LogP contribution in [-0.2, 0) is 4.74 Å². The fourth-order valence-electron chi connectivity index (χ4n) is 1.45. The minimum Gasteiger partial charge on any atom is -0.465 e. The first-order valence-corrected chi connectivity index (χ1v) is 4.28. The molecular formula is C11H10O3. The molecule has 0 aliphatic rings. The predicted molar refractivity (Wildman–Crippen MR) is 52.3 cm³/mol. The molecule has 2 rings (SSSR count). The van der Waals surface area contributed by atoms with E-state index in [2.05, 4.69) is 4.74 Å². The standard InChI is InChI=1S/C11H10O3/c1-7-5-8-3-4-14-10(8)6-9(7)11(12)13-2/h3-6H,1-2H3. The van der Waals surface area contributed by atoms with Gasteiger partial charge in [-0.2, -0.15) is 0 Å². The largest absolute Gasteiger partial charge is 0.465 e. The highest BCUT2D eigenvalue weighted by Crippen LogP contribution is 2.21. The van der Waals surface area contributed by atoms with Gasteiger partial charge in [0.15, 0.2) is 0 Å². The van der Waals surface area contributed by atoms with Crippen LogP contribution in [-0.4, -0.2) is 13.1 Å². The van der Waals surface area contributed by atoms with Crippen LogP contribution in [0.5, 0.6) is 0 Å². The van der Waals surface area contributed by atoms with Gasteiger partial charge in [-0.1, -0.05) is 0 Å². The van der Waals surface area contributed by atoms with Crippen molar-refractivity contribution in [2.75, 3.05) is 7.11 Å². The lowest BCUT2D eigenvalue weighted by Gasteiger charge is -2.02. The SMILES string of the molecule is COC(=O)c1cc2occc2cc1C. The van der Waals surface area contributed by atoms with E-state index in [1.54, 1.807) is 12.3 Å². The highest BCUT2D eigenvalue weighted by molar-refractivity contribution is 5.95. The minimum atomic E-state index is -0.333. The van der Waals surface area contributed by atoms with Gasteiger partial charge in [0.1, 0.15) is 5.58 Å². The molecule has 1 aromatic heterocycles. The Hall–Kier alpha value is -1.77. The van der Waals surface area contributed by atoms with Crippen molar-refractivity contribution in [3.8, 4) is 0 Å². The summed E-state index contributed by atoms with van der Waals surface area (Å²) in [4.78, 5) is 11.3. The molecule has 0 atom stereocenters. The van der Waals surface area contributed by atoms with Crippen molar-refractivity contribution in [2.24, 2.45) is 0 Å². The molecule has 72 valence electrons. The number of esters is 1. The minimum absolute atomic E-state index is 0.333. The van der Waals surface area contributed by atoms with Gasteiger partial charge >= 0.3 is 5.97 Å². The molecule has 0 aliphatic carbocycles. The molecule has 1 heterocycles. The number of hydrogen-bond acceptors (Lipinski definition) is 3. The third-order valence-corrected chi connectivity index (χ3v) is 2.20. The summed E-state index contributed by atoms with van der Waals surface area (Å²) in [5, 5.41) is 0.996. The maximum absolute atomic E-state index is 11.3. The van der Waals surface area contributed by atoms with Crippen LogP contribution >= 0.6 is 0 Å². The first-order chi connectivity index (χ1) is 6.72. The molecule has 0 fully saturated rings. The Morgan fingerprint density at radius 2 is 2.21 bits per heavy atom. The van der Waals surface area contributed by atoms with Crippen LogP contribution in [0.3, 0.4) is 0 Å². The van der Waals surface area contributed by atoms with Crippen molar-refractivity contribution >= 4 is 16.9 Å². The lowest BCUT2D eigenvalue weighted by atomic mass is 10.1. The molecule has 0 N–H and O–H groups in total. The first-order valence-electron chi connectivity index (χ1n) is 4.28. The molecule has 0 spiro atoms. The Morgan fingerprint density at radius 3 is 2.93 bits per heavy atom. The lowest BCUT2D eigenvalue weighted by molar-refractivity contribution is 0.0600. The predicted octanol–water partition coefficient (Wildman–Crippen LogP) is 2.53. The molecule has 0 aliphatic heterocycles. The van der Waals surface area contributed by atoms with E-state index < -0.39 is 0 Å². The number of rotatable bonds is 1. The zero-order valence-electron chi connectivity index (χ0n) is 8.03. The number of methoxy groups -OCH3 is 1. The molecule has 3 heteroatoms. The van der Waals surface area contributed by atoms with Crippen molar-refractivity contribution in [1.82, 2.24) is 0 Å². The van der Waals surface area contributed by atoms with Gasteiger partial charge in [-0.25, -0.2) is 4.79 Å². The fourth-order valence-corrected chi connectivity index (χ4v) is 1.45. The van der Waals surface area contributed by atoms with Crippen molar-refractivity contribution in [2.45, 2.75) is 6.92 Å². The van der Waals surface area contributed by atoms with E-state index in [0.29, 0.717) is 11.1 Å². The molecule has 3 nitrogen and oxygen atoms in total. The molecule has 0 amide bonds. The van der Waals surface area contributed by atoms with Gasteiger partial charge in [0.2, 0.25) is 0 Å². The number of aryl methyl sites for hydroxylation is 1. The van der Waals surface area contributed by atoms with E-state index in [4.69, 9.17) is 4.42 Å². The Morgan fingerprint density at radius 1 is 1.43 bits per heavy atom. The molecule has 0 radical (unpaired) electrons. The second-order valence-corrected chi connectivity index (χ2v) is 3.12. The highest BCUT2D eigenvalue weighted by atomic mass is 16.5. The Labute approximate surface area is 81.3 Å². The monoisotopic (exact) mass is 190 g/mol. The molecule has 0 unspecified atom stereocenters.